The Balaban J connectivity index is 2.69. The Hall–Kier alpha value is -0.120. The average Bonchev–Trinajstić information content (AvgIpc) is 2.56. The Morgan fingerprint density at radius 3 is 2.50 bits per heavy atom. The van der Waals surface area contributed by atoms with Crippen molar-refractivity contribution in [3.05, 3.63) is 0 Å². The minimum absolute atomic E-state index is 0.632. The summed E-state index contributed by atoms with van der Waals surface area (Å²) in [6.07, 6.45) is 3.79. The summed E-state index contributed by atoms with van der Waals surface area (Å²) in [7, 11) is 2.26. The zero-order valence-electron chi connectivity index (χ0n) is 13.1. The van der Waals surface area contributed by atoms with Crippen LogP contribution in [0.3, 0.4) is 0 Å². The van der Waals surface area contributed by atoms with E-state index in [1.54, 1.807) is 0 Å². The third-order valence-electron chi connectivity index (χ3n) is 4.43. The summed E-state index contributed by atoms with van der Waals surface area (Å²) in [5.41, 5.74) is 0. The molecule has 0 spiro atoms. The van der Waals surface area contributed by atoms with E-state index in [4.69, 9.17) is 0 Å². The molecule has 3 atom stereocenters. The largest absolute Gasteiger partial charge is 0.313 e. The quantitative estimate of drug-likeness (QED) is 0.785. The molecule has 0 aromatic rings. The molecule has 0 aliphatic carbocycles. The third kappa shape index (κ3) is 4.22. The summed E-state index contributed by atoms with van der Waals surface area (Å²) < 4.78 is 0. The lowest BCUT2D eigenvalue weighted by atomic mass is 10.0. The van der Waals surface area contributed by atoms with Crippen LogP contribution < -0.4 is 5.32 Å². The van der Waals surface area contributed by atoms with E-state index in [9.17, 15) is 0 Å². The molecule has 3 heteroatoms. The van der Waals surface area contributed by atoms with Crippen LogP contribution in [0.4, 0.5) is 0 Å². The number of likely N-dealkylation sites (N-methyl/N-ethyl adjacent to an activating group) is 2. The van der Waals surface area contributed by atoms with Gasteiger partial charge in [-0.2, -0.15) is 0 Å². The summed E-state index contributed by atoms with van der Waals surface area (Å²) in [5.74, 6) is 0. The van der Waals surface area contributed by atoms with Crippen LogP contribution in [0.15, 0.2) is 0 Å². The Morgan fingerprint density at radius 1 is 1.22 bits per heavy atom. The highest BCUT2D eigenvalue weighted by Gasteiger charge is 2.29. The van der Waals surface area contributed by atoms with E-state index < -0.39 is 0 Å². The second-order valence-corrected chi connectivity index (χ2v) is 5.73. The molecule has 1 aliphatic heterocycles. The maximum atomic E-state index is 3.65. The van der Waals surface area contributed by atoms with Gasteiger partial charge in [0.05, 0.1) is 0 Å². The minimum Gasteiger partial charge on any atom is -0.313 e. The van der Waals surface area contributed by atoms with Gasteiger partial charge >= 0.3 is 0 Å². The zero-order valence-corrected chi connectivity index (χ0v) is 13.1. The van der Waals surface area contributed by atoms with E-state index in [0.29, 0.717) is 12.1 Å². The lowest BCUT2D eigenvalue weighted by Gasteiger charge is -2.39. The van der Waals surface area contributed by atoms with Gasteiger partial charge in [-0.1, -0.05) is 20.8 Å². The second kappa shape index (κ2) is 8.13. The highest BCUT2D eigenvalue weighted by Crippen LogP contribution is 2.18. The van der Waals surface area contributed by atoms with Gasteiger partial charge < -0.3 is 10.2 Å². The third-order valence-corrected chi connectivity index (χ3v) is 4.43. The van der Waals surface area contributed by atoms with Gasteiger partial charge in [0.15, 0.2) is 0 Å². The van der Waals surface area contributed by atoms with Crippen LogP contribution in [0.2, 0.25) is 0 Å². The van der Waals surface area contributed by atoms with Crippen molar-refractivity contribution in [3.8, 4) is 0 Å². The molecular weight excluding hydrogens is 222 g/mol. The fourth-order valence-electron chi connectivity index (χ4n) is 3.31. The van der Waals surface area contributed by atoms with Crippen molar-refractivity contribution in [2.75, 3.05) is 33.2 Å². The molecular formula is C15H33N3. The van der Waals surface area contributed by atoms with E-state index in [0.717, 1.165) is 12.6 Å². The Bertz CT molecular complexity index is 220. The lowest BCUT2D eigenvalue weighted by Crippen LogP contribution is -2.53. The molecule has 0 radical (unpaired) electrons. The van der Waals surface area contributed by atoms with Crippen molar-refractivity contribution < 1.29 is 0 Å². The molecule has 1 saturated heterocycles. The summed E-state index contributed by atoms with van der Waals surface area (Å²) in [6, 6.07) is 2.00. The van der Waals surface area contributed by atoms with E-state index in [1.165, 1.54) is 38.9 Å². The normalized spacial score (nSPS) is 26.8. The van der Waals surface area contributed by atoms with Gasteiger partial charge in [0.2, 0.25) is 0 Å². The van der Waals surface area contributed by atoms with Crippen molar-refractivity contribution >= 4 is 0 Å². The zero-order chi connectivity index (χ0) is 13.5. The molecule has 1 rings (SSSR count). The molecule has 0 saturated carbocycles. The number of nitrogens with zero attached hydrogens (tertiary/aromatic N) is 2. The van der Waals surface area contributed by atoms with Crippen LogP contribution in [0.25, 0.3) is 0 Å². The molecule has 108 valence electrons. The van der Waals surface area contributed by atoms with Crippen molar-refractivity contribution in [1.82, 2.24) is 15.1 Å². The molecule has 18 heavy (non-hydrogen) atoms. The molecule has 3 nitrogen and oxygen atoms in total. The topological polar surface area (TPSA) is 18.5 Å². The smallest absolute Gasteiger partial charge is 0.0224 e. The van der Waals surface area contributed by atoms with Gasteiger partial charge in [-0.05, 0) is 46.3 Å². The van der Waals surface area contributed by atoms with Crippen molar-refractivity contribution in [1.29, 1.82) is 0 Å². The minimum atomic E-state index is 0.632. The molecule has 0 bridgehead atoms. The van der Waals surface area contributed by atoms with Crippen LogP contribution in [-0.4, -0.2) is 61.2 Å². The fourth-order valence-corrected chi connectivity index (χ4v) is 3.31. The monoisotopic (exact) mass is 255 g/mol. The Morgan fingerprint density at radius 2 is 1.94 bits per heavy atom. The van der Waals surface area contributed by atoms with Gasteiger partial charge in [0, 0.05) is 31.2 Å². The maximum absolute atomic E-state index is 3.65. The van der Waals surface area contributed by atoms with E-state index in [2.05, 4.69) is 49.9 Å². The summed E-state index contributed by atoms with van der Waals surface area (Å²) in [6.45, 7) is 14.1. The molecule has 1 heterocycles. The average molecular weight is 255 g/mol. The first kappa shape index (κ1) is 15.9. The summed E-state index contributed by atoms with van der Waals surface area (Å²) >= 11 is 0. The second-order valence-electron chi connectivity index (χ2n) is 5.73. The Kier molecular flexibility index (Phi) is 7.20. The van der Waals surface area contributed by atoms with Gasteiger partial charge in [0.1, 0.15) is 0 Å². The van der Waals surface area contributed by atoms with Crippen LogP contribution in [0.5, 0.6) is 0 Å². The van der Waals surface area contributed by atoms with Crippen LogP contribution in [0, 0.1) is 0 Å². The SMILES string of the molecule is CCNC(CC)C(C)N1CCCN(C)CC1CC. The molecule has 0 aromatic heterocycles. The first-order valence-electron chi connectivity index (χ1n) is 7.81. The van der Waals surface area contributed by atoms with Crippen LogP contribution >= 0.6 is 0 Å². The van der Waals surface area contributed by atoms with E-state index >= 15 is 0 Å². The number of rotatable bonds is 6. The number of hydrogen-bond acceptors (Lipinski definition) is 3. The highest BCUT2D eigenvalue weighted by molar-refractivity contribution is 4.87. The molecule has 0 aromatic carbocycles. The predicted molar refractivity (Wildman–Crippen MR) is 80.1 cm³/mol. The van der Waals surface area contributed by atoms with E-state index in [1.807, 2.05) is 0 Å². The van der Waals surface area contributed by atoms with Crippen LogP contribution in [0.1, 0.15) is 47.0 Å². The standard InChI is InChI=1S/C15H33N3/c1-6-14-12-17(5)10-9-11-18(14)13(4)15(7-2)16-8-3/h13-16H,6-12H2,1-5H3. The predicted octanol–water partition coefficient (Wildman–Crippen LogP) is 2.18. The highest BCUT2D eigenvalue weighted by atomic mass is 15.3. The van der Waals surface area contributed by atoms with E-state index in [-0.39, 0.29) is 0 Å². The molecule has 0 amide bonds. The first-order valence-corrected chi connectivity index (χ1v) is 7.81. The number of hydrogen-bond donors (Lipinski definition) is 1. The fraction of sp³-hybridized carbons (Fsp3) is 1.00. The Labute approximate surface area is 114 Å². The van der Waals surface area contributed by atoms with Crippen molar-refractivity contribution in [3.63, 3.8) is 0 Å². The maximum Gasteiger partial charge on any atom is 0.0224 e. The van der Waals surface area contributed by atoms with Gasteiger partial charge in [-0.25, -0.2) is 0 Å². The van der Waals surface area contributed by atoms with Crippen LogP contribution in [-0.2, 0) is 0 Å². The number of nitrogens with one attached hydrogen (secondary N) is 1. The molecule has 3 unspecified atom stereocenters. The molecule has 1 aliphatic rings. The van der Waals surface area contributed by atoms with Gasteiger partial charge in [-0.3, -0.25) is 4.90 Å². The first-order chi connectivity index (χ1) is 8.63. The van der Waals surface area contributed by atoms with Gasteiger partial charge in [0.25, 0.3) is 0 Å². The van der Waals surface area contributed by atoms with Crippen molar-refractivity contribution in [2.45, 2.75) is 65.1 Å². The summed E-state index contributed by atoms with van der Waals surface area (Å²) in [5, 5.41) is 3.65. The van der Waals surface area contributed by atoms with Crippen molar-refractivity contribution in [2.24, 2.45) is 0 Å². The molecule has 1 fully saturated rings. The molecule has 1 N–H and O–H groups in total. The van der Waals surface area contributed by atoms with Gasteiger partial charge in [-0.15, -0.1) is 0 Å². The summed E-state index contributed by atoms with van der Waals surface area (Å²) in [4.78, 5) is 5.25. The lowest BCUT2D eigenvalue weighted by molar-refractivity contribution is 0.110.